The average Bonchev–Trinajstić information content (AvgIpc) is 1.65. The van der Waals surface area contributed by atoms with Crippen LogP contribution in [0.2, 0.25) is 0 Å². The minimum absolute atomic E-state index is 0.301. The van der Waals surface area contributed by atoms with Crippen LogP contribution in [0.15, 0.2) is 5.10 Å². The lowest BCUT2D eigenvalue weighted by atomic mass is 10.5. The van der Waals surface area contributed by atoms with E-state index < -0.39 is 0 Å². The highest BCUT2D eigenvalue weighted by Crippen LogP contribution is 1.61. The number of rotatable bonds is 0. The molecule has 0 aliphatic rings. The summed E-state index contributed by atoms with van der Waals surface area (Å²) < 4.78 is 0. The van der Waals surface area contributed by atoms with Crippen LogP contribution in [0, 0.1) is 11.3 Å². The summed E-state index contributed by atoms with van der Waals surface area (Å²) in [6.07, 6.45) is 0. The Labute approximate surface area is 36.1 Å². The molecule has 0 heterocycles. The molecule has 3 nitrogen and oxygen atoms in total. The molecule has 0 aromatic heterocycles. The maximum Gasteiger partial charge on any atom is 0.134 e. The highest BCUT2D eigenvalue weighted by molar-refractivity contribution is 5.95. The molecule has 0 amide bonds. The van der Waals surface area contributed by atoms with Crippen LogP contribution in [0.3, 0.4) is 0 Å². The Hall–Kier alpha value is -1.04. The van der Waals surface area contributed by atoms with E-state index in [-0.39, 0.29) is 0 Å². The van der Waals surface area contributed by atoms with Gasteiger partial charge >= 0.3 is 0 Å². The first-order valence-electron chi connectivity index (χ1n) is 1.46. The highest BCUT2D eigenvalue weighted by Gasteiger charge is 1.74. The molecule has 2 N–H and O–H groups in total. The monoisotopic (exact) mass is 83.0 g/mol. The first-order valence-corrected chi connectivity index (χ1v) is 1.46. The topological polar surface area (TPSA) is 62.2 Å². The van der Waals surface area contributed by atoms with Gasteiger partial charge < -0.3 is 5.84 Å². The highest BCUT2D eigenvalue weighted by atomic mass is 15.1. The molecule has 0 unspecified atom stereocenters. The molecule has 6 heavy (non-hydrogen) atoms. The summed E-state index contributed by atoms with van der Waals surface area (Å²) in [5, 5.41) is 10.9. The lowest BCUT2D eigenvalue weighted by Crippen LogP contribution is -1.89. The Morgan fingerprint density at radius 3 is 2.50 bits per heavy atom. The van der Waals surface area contributed by atoms with E-state index >= 15 is 0 Å². The number of nitriles is 1. The second-order valence-electron chi connectivity index (χ2n) is 0.826. The fourth-order valence-electron chi connectivity index (χ4n) is 0.0289. The van der Waals surface area contributed by atoms with Crippen molar-refractivity contribution < 1.29 is 0 Å². The molecule has 0 fully saturated rings. The van der Waals surface area contributed by atoms with Crippen molar-refractivity contribution in [2.45, 2.75) is 6.92 Å². The van der Waals surface area contributed by atoms with E-state index in [1.54, 1.807) is 13.0 Å². The Bertz CT molecular complexity index is 97.1. The smallest absolute Gasteiger partial charge is 0.134 e. The van der Waals surface area contributed by atoms with Gasteiger partial charge in [0, 0.05) is 0 Å². The number of nitrogens with two attached hydrogens (primary N) is 1. The molecule has 0 bridgehead atoms. The van der Waals surface area contributed by atoms with Gasteiger partial charge in [-0.2, -0.15) is 10.4 Å². The first-order chi connectivity index (χ1) is 2.81. The predicted octanol–water partition coefficient (Wildman–Crippen LogP) is -0.155. The van der Waals surface area contributed by atoms with Crippen molar-refractivity contribution in [2.24, 2.45) is 10.9 Å². The zero-order valence-electron chi connectivity index (χ0n) is 3.47. The molecule has 0 aromatic carbocycles. The summed E-state index contributed by atoms with van der Waals surface area (Å²) in [6.45, 7) is 1.54. The minimum atomic E-state index is 0.301. The Morgan fingerprint density at radius 1 is 2.00 bits per heavy atom. The lowest BCUT2D eigenvalue weighted by Gasteiger charge is -1.70. The molecule has 0 radical (unpaired) electrons. The molecular formula is C3H5N3. The van der Waals surface area contributed by atoms with E-state index in [0.29, 0.717) is 5.71 Å². The Morgan fingerprint density at radius 2 is 2.50 bits per heavy atom. The van der Waals surface area contributed by atoms with Gasteiger partial charge in [-0.15, -0.1) is 0 Å². The normalized spacial score (nSPS) is 10.3. The van der Waals surface area contributed by atoms with Crippen molar-refractivity contribution in [2.75, 3.05) is 0 Å². The quantitative estimate of drug-likeness (QED) is 0.251. The summed E-state index contributed by atoms with van der Waals surface area (Å²) in [6, 6.07) is 1.74. The molecule has 0 aliphatic carbocycles. The van der Waals surface area contributed by atoms with E-state index in [4.69, 9.17) is 5.26 Å². The van der Waals surface area contributed by atoms with Gasteiger partial charge in [0.05, 0.1) is 0 Å². The van der Waals surface area contributed by atoms with Crippen LogP contribution in [0.25, 0.3) is 0 Å². The number of hydrazone groups is 1. The predicted molar refractivity (Wildman–Crippen MR) is 22.9 cm³/mol. The molecule has 0 aromatic rings. The summed E-state index contributed by atoms with van der Waals surface area (Å²) in [5.74, 6) is 4.65. The van der Waals surface area contributed by atoms with Gasteiger partial charge in [0.2, 0.25) is 0 Å². The standard InChI is InChI=1S/C3H5N3/c1-3(2-4)6-5/h5H2,1H3. The van der Waals surface area contributed by atoms with Crippen LogP contribution in [0.1, 0.15) is 6.92 Å². The molecule has 0 aliphatic heterocycles. The van der Waals surface area contributed by atoms with Crippen molar-refractivity contribution in [1.82, 2.24) is 0 Å². The van der Waals surface area contributed by atoms with E-state index in [0.717, 1.165) is 0 Å². The summed E-state index contributed by atoms with van der Waals surface area (Å²) in [4.78, 5) is 0. The largest absolute Gasteiger partial charge is 0.322 e. The minimum Gasteiger partial charge on any atom is -0.322 e. The molecule has 0 saturated carbocycles. The lowest BCUT2D eigenvalue weighted by molar-refractivity contribution is 1.24. The maximum absolute atomic E-state index is 7.87. The second kappa shape index (κ2) is 2.21. The molecule has 0 rings (SSSR count). The molecule has 3 heteroatoms. The summed E-state index contributed by atoms with van der Waals surface area (Å²) in [5.41, 5.74) is 0.301. The SMILES string of the molecule is CC(C#N)=NN. The van der Waals surface area contributed by atoms with Gasteiger partial charge in [-0.05, 0) is 6.92 Å². The molecule has 32 valence electrons. The van der Waals surface area contributed by atoms with Crippen molar-refractivity contribution in [3.8, 4) is 6.07 Å². The van der Waals surface area contributed by atoms with E-state index in [2.05, 4.69) is 10.9 Å². The molecule has 0 atom stereocenters. The fraction of sp³-hybridized carbons (Fsp3) is 0.333. The van der Waals surface area contributed by atoms with Crippen LogP contribution in [0.5, 0.6) is 0 Å². The molecule has 0 saturated heterocycles. The number of nitrogens with zero attached hydrogens (tertiary/aromatic N) is 2. The van der Waals surface area contributed by atoms with Gasteiger partial charge in [0.25, 0.3) is 0 Å². The van der Waals surface area contributed by atoms with E-state index in [1.807, 2.05) is 0 Å². The zero-order chi connectivity index (χ0) is 4.99. The summed E-state index contributed by atoms with van der Waals surface area (Å²) in [7, 11) is 0. The third-order valence-electron chi connectivity index (χ3n) is 0.355. The van der Waals surface area contributed by atoms with Crippen LogP contribution in [-0.4, -0.2) is 5.71 Å². The third kappa shape index (κ3) is 1.30. The van der Waals surface area contributed by atoms with Crippen molar-refractivity contribution in [1.29, 1.82) is 5.26 Å². The van der Waals surface area contributed by atoms with Crippen molar-refractivity contribution in [3.63, 3.8) is 0 Å². The van der Waals surface area contributed by atoms with Gasteiger partial charge in [-0.1, -0.05) is 0 Å². The van der Waals surface area contributed by atoms with Crippen molar-refractivity contribution >= 4 is 5.71 Å². The first kappa shape index (κ1) is 4.96. The van der Waals surface area contributed by atoms with Crippen LogP contribution in [-0.2, 0) is 0 Å². The summed E-state index contributed by atoms with van der Waals surface area (Å²) >= 11 is 0. The fourth-order valence-corrected chi connectivity index (χ4v) is 0.0289. The molecular weight excluding hydrogens is 78.1 g/mol. The molecule has 0 spiro atoms. The average molecular weight is 83.1 g/mol. The maximum atomic E-state index is 7.87. The zero-order valence-corrected chi connectivity index (χ0v) is 3.47. The van der Waals surface area contributed by atoms with Gasteiger partial charge in [-0.25, -0.2) is 0 Å². The van der Waals surface area contributed by atoms with Crippen LogP contribution < -0.4 is 5.84 Å². The second-order valence-corrected chi connectivity index (χ2v) is 0.826. The number of hydrogen-bond donors (Lipinski definition) is 1. The number of hydrogen-bond acceptors (Lipinski definition) is 3. The van der Waals surface area contributed by atoms with E-state index in [1.165, 1.54) is 0 Å². The van der Waals surface area contributed by atoms with E-state index in [9.17, 15) is 0 Å². The van der Waals surface area contributed by atoms with Crippen LogP contribution >= 0.6 is 0 Å². The van der Waals surface area contributed by atoms with Crippen molar-refractivity contribution in [3.05, 3.63) is 0 Å². The van der Waals surface area contributed by atoms with Crippen LogP contribution in [0.4, 0.5) is 0 Å². The van der Waals surface area contributed by atoms with Gasteiger partial charge in [0.15, 0.2) is 0 Å². The van der Waals surface area contributed by atoms with Gasteiger partial charge in [-0.3, -0.25) is 0 Å². The Balaban J connectivity index is 3.61. The Kier molecular flexibility index (Phi) is 1.83. The third-order valence-corrected chi connectivity index (χ3v) is 0.355. The van der Waals surface area contributed by atoms with Gasteiger partial charge in [0.1, 0.15) is 11.8 Å².